The van der Waals surface area contributed by atoms with Crippen LogP contribution in [-0.4, -0.2) is 110 Å². The number of unbranched alkanes of at least 4 members (excludes halogenated alkanes) is 53. The van der Waals surface area contributed by atoms with Crippen molar-refractivity contribution in [2.45, 2.75) is 448 Å². The summed E-state index contributed by atoms with van der Waals surface area (Å²) in [7, 11) is 0. The standard InChI is InChI=1S/C77H149NO10/c1-3-5-7-9-11-13-15-17-19-21-23-25-27-29-31-32-33-34-35-36-37-39-41-43-45-47-49-51-53-55-57-59-61-63-65-70(81)76(86)78-68(67-87-77-75(85)74(84)73(83)71(66-79)88-77)72(82)69(80)64-62-60-58-56-54-52-50-48-46-44-42-40-38-30-28-26-24-22-20-18-16-14-12-10-8-6-4-2/h48,50,56,58,68-75,77,79-85H,3-47,49,51-55,57,59-67H2,1-2H3,(H,78,86)/b50-48+,58-56+. The van der Waals surface area contributed by atoms with Gasteiger partial charge in [0, 0.05) is 0 Å². The molecule has 0 aromatic heterocycles. The van der Waals surface area contributed by atoms with Crippen LogP contribution in [0.25, 0.3) is 0 Å². The number of carbonyl (C=O) groups is 1. The maximum absolute atomic E-state index is 13.3. The molecular weight excluding hydrogens is 1100 g/mol. The Morgan fingerprint density at radius 1 is 0.386 bits per heavy atom. The smallest absolute Gasteiger partial charge is 0.249 e. The van der Waals surface area contributed by atoms with Crippen LogP contribution in [0.2, 0.25) is 0 Å². The van der Waals surface area contributed by atoms with Crippen molar-refractivity contribution < 1.29 is 50.0 Å². The van der Waals surface area contributed by atoms with E-state index < -0.39 is 74.2 Å². The van der Waals surface area contributed by atoms with Gasteiger partial charge in [-0.05, 0) is 51.4 Å². The summed E-state index contributed by atoms with van der Waals surface area (Å²) in [4.78, 5) is 13.3. The van der Waals surface area contributed by atoms with Crippen LogP contribution in [0.3, 0.4) is 0 Å². The SMILES string of the molecule is CCCCCCCCCCCCCCCCCCCC/C=C/CC/C=C/CCCC(O)C(O)C(COC1OC(CO)C(O)C(O)C1O)NC(=O)C(O)CCCCCCCCCCCCCCCCCCCCCCCCCCCCCCCCCCCC. The van der Waals surface area contributed by atoms with Crippen molar-refractivity contribution in [3.05, 3.63) is 24.3 Å². The fourth-order valence-electron chi connectivity index (χ4n) is 12.8. The van der Waals surface area contributed by atoms with Crippen LogP contribution < -0.4 is 5.32 Å². The minimum atomic E-state index is -1.67. The Morgan fingerprint density at radius 2 is 0.682 bits per heavy atom. The molecule has 11 heteroatoms. The first-order valence-electron chi connectivity index (χ1n) is 38.7. The molecule has 0 saturated carbocycles. The van der Waals surface area contributed by atoms with Crippen molar-refractivity contribution in [1.82, 2.24) is 5.32 Å². The van der Waals surface area contributed by atoms with E-state index in [1.54, 1.807) is 0 Å². The molecule has 1 heterocycles. The Bertz CT molecular complexity index is 1480. The van der Waals surface area contributed by atoms with E-state index in [2.05, 4.69) is 43.5 Å². The number of ether oxygens (including phenoxy) is 2. The molecule has 1 saturated heterocycles. The van der Waals surface area contributed by atoms with Crippen molar-refractivity contribution >= 4 is 5.91 Å². The van der Waals surface area contributed by atoms with E-state index in [4.69, 9.17) is 9.47 Å². The van der Waals surface area contributed by atoms with Gasteiger partial charge in [-0.1, -0.05) is 366 Å². The van der Waals surface area contributed by atoms with E-state index in [-0.39, 0.29) is 12.8 Å². The highest BCUT2D eigenvalue weighted by Gasteiger charge is 2.44. The molecule has 1 aliphatic heterocycles. The zero-order valence-electron chi connectivity index (χ0n) is 58.0. The summed E-state index contributed by atoms with van der Waals surface area (Å²) in [6.45, 7) is 3.51. The summed E-state index contributed by atoms with van der Waals surface area (Å²) in [6.07, 6.45) is 73.0. The van der Waals surface area contributed by atoms with Crippen LogP contribution in [0, 0.1) is 0 Å². The number of aliphatic hydroxyl groups is 7. The third kappa shape index (κ3) is 52.0. The largest absolute Gasteiger partial charge is 0.394 e. The summed E-state index contributed by atoms with van der Waals surface area (Å²) in [6, 6.07) is -1.19. The Labute approximate surface area is 544 Å². The maximum atomic E-state index is 13.3. The highest BCUT2D eigenvalue weighted by Crippen LogP contribution is 2.24. The molecule has 1 aliphatic rings. The molecule has 0 aliphatic carbocycles. The van der Waals surface area contributed by atoms with E-state index in [1.807, 2.05) is 0 Å². The molecule has 8 N–H and O–H groups in total. The highest BCUT2D eigenvalue weighted by atomic mass is 16.7. The Morgan fingerprint density at radius 3 is 1.01 bits per heavy atom. The third-order valence-electron chi connectivity index (χ3n) is 19.0. The van der Waals surface area contributed by atoms with Gasteiger partial charge >= 0.3 is 0 Å². The number of nitrogens with one attached hydrogen (secondary N) is 1. The second kappa shape index (κ2) is 65.6. The van der Waals surface area contributed by atoms with Gasteiger partial charge in [-0.25, -0.2) is 0 Å². The molecule has 9 atom stereocenters. The number of amides is 1. The van der Waals surface area contributed by atoms with Crippen LogP contribution in [-0.2, 0) is 14.3 Å². The van der Waals surface area contributed by atoms with Crippen LogP contribution >= 0.6 is 0 Å². The molecule has 0 aromatic rings. The number of hydrogen-bond acceptors (Lipinski definition) is 10. The van der Waals surface area contributed by atoms with Crippen LogP contribution in [0.1, 0.15) is 393 Å². The second-order valence-corrected chi connectivity index (χ2v) is 27.4. The van der Waals surface area contributed by atoms with Gasteiger partial charge in [-0.15, -0.1) is 0 Å². The van der Waals surface area contributed by atoms with Crippen LogP contribution in [0.4, 0.5) is 0 Å². The van der Waals surface area contributed by atoms with Crippen LogP contribution in [0.15, 0.2) is 24.3 Å². The molecule has 11 nitrogen and oxygen atoms in total. The lowest BCUT2D eigenvalue weighted by molar-refractivity contribution is -0.303. The van der Waals surface area contributed by atoms with Crippen molar-refractivity contribution in [2.24, 2.45) is 0 Å². The van der Waals surface area contributed by atoms with Crippen molar-refractivity contribution in [3.63, 3.8) is 0 Å². The number of rotatable bonds is 69. The topological polar surface area (TPSA) is 189 Å². The quantitative estimate of drug-likeness (QED) is 0.0215. The van der Waals surface area contributed by atoms with Gasteiger partial charge in [0.1, 0.15) is 36.6 Å². The normalized spacial score (nSPS) is 18.7. The van der Waals surface area contributed by atoms with E-state index in [0.717, 1.165) is 38.5 Å². The number of hydrogen-bond donors (Lipinski definition) is 8. The molecule has 1 amide bonds. The maximum Gasteiger partial charge on any atom is 0.249 e. The molecule has 9 unspecified atom stereocenters. The van der Waals surface area contributed by atoms with Gasteiger partial charge in [-0.2, -0.15) is 0 Å². The molecule has 0 radical (unpaired) electrons. The third-order valence-corrected chi connectivity index (χ3v) is 19.0. The average Bonchev–Trinajstić information content (AvgIpc) is 3.73. The lowest BCUT2D eigenvalue weighted by Gasteiger charge is -2.40. The van der Waals surface area contributed by atoms with E-state index >= 15 is 0 Å². The lowest BCUT2D eigenvalue weighted by atomic mass is 9.98. The fourth-order valence-corrected chi connectivity index (χ4v) is 12.8. The molecule has 522 valence electrons. The second-order valence-electron chi connectivity index (χ2n) is 27.4. The van der Waals surface area contributed by atoms with Crippen molar-refractivity contribution in [2.75, 3.05) is 13.2 Å². The average molecular weight is 1250 g/mol. The van der Waals surface area contributed by atoms with Gasteiger partial charge in [0.2, 0.25) is 5.91 Å². The molecule has 0 spiro atoms. The lowest BCUT2D eigenvalue weighted by Crippen LogP contribution is -2.60. The van der Waals surface area contributed by atoms with Crippen LogP contribution in [0.5, 0.6) is 0 Å². The molecule has 0 aromatic carbocycles. The minimum Gasteiger partial charge on any atom is -0.394 e. The minimum absolute atomic E-state index is 0.250. The first kappa shape index (κ1) is 84.6. The van der Waals surface area contributed by atoms with Crippen molar-refractivity contribution in [1.29, 1.82) is 0 Å². The van der Waals surface area contributed by atoms with Gasteiger partial charge in [0.15, 0.2) is 6.29 Å². The van der Waals surface area contributed by atoms with E-state index in [0.29, 0.717) is 19.3 Å². The van der Waals surface area contributed by atoms with Gasteiger partial charge < -0.3 is 50.5 Å². The first-order chi connectivity index (χ1) is 43.2. The number of allylic oxidation sites excluding steroid dienone is 4. The summed E-state index contributed by atoms with van der Waals surface area (Å²) in [5, 5.41) is 76.6. The molecule has 88 heavy (non-hydrogen) atoms. The van der Waals surface area contributed by atoms with Gasteiger partial charge in [0.25, 0.3) is 0 Å². The summed E-state index contributed by atoms with van der Waals surface area (Å²) >= 11 is 0. The Hall–Kier alpha value is -1.41. The van der Waals surface area contributed by atoms with E-state index in [9.17, 15) is 40.5 Å². The summed E-state index contributed by atoms with van der Waals surface area (Å²) in [5.74, 6) is -0.702. The monoisotopic (exact) mass is 1250 g/mol. The zero-order valence-corrected chi connectivity index (χ0v) is 58.0. The number of aliphatic hydroxyl groups excluding tert-OH is 7. The van der Waals surface area contributed by atoms with E-state index in [1.165, 1.54) is 308 Å². The predicted molar refractivity (Wildman–Crippen MR) is 372 cm³/mol. The molecule has 1 fully saturated rings. The number of carbonyl (C=O) groups excluding carboxylic acids is 1. The zero-order chi connectivity index (χ0) is 63.9. The molecule has 1 rings (SSSR count). The highest BCUT2D eigenvalue weighted by molar-refractivity contribution is 5.80. The fraction of sp³-hybridized carbons (Fsp3) is 0.935. The summed E-state index contributed by atoms with van der Waals surface area (Å²) in [5.41, 5.74) is 0. The summed E-state index contributed by atoms with van der Waals surface area (Å²) < 4.78 is 11.2. The molecular formula is C77H149NO10. The Kier molecular flexibility index (Phi) is 63.1. The first-order valence-corrected chi connectivity index (χ1v) is 38.7. The predicted octanol–water partition coefficient (Wildman–Crippen LogP) is 19.5. The van der Waals surface area contributed by atoms with Crippen molar-refractivity contribution in [3.8, 4) is 0 Å². The van der Waals surface area contributed by atoms with Gasteiger partial charge in [0.05, 0.1) is 25.4 Å². The molecule has 0 bridgehead atoms. The Balaban J connectivity index is 2.16. The van der Waals surface area contributed by atoms with Gasteiger partial charge in [-0.3, -0.25) is 4.79 Å².